The third-order valence-electron chi connectivity index (χ3n) is 3.21. The fraction of sp³-hybridized carbons (Fsp3) is 0.583. The highest BCUT2D eigenvalue weighted by Gasteiger charge is 2.29. The quantitative estimate of drug-likeness (QED) is 0.610. The Morgan fingerprint density at radius 1 is 1.33 bits per heavy atom. The number of likely N-dealkylation sites (N-methyl/N-ethyl adjacent to an activating group) is 1. The van der Waals surface area contributed by atoms with Gasteiger partial charge in [-0.2, -0.15) is 0 Å². The summed E-state index contributed by atoms with van der Waals surface area (Å²) in [6, 6.07) is 0. The molecule has 0 aliphatic rings. The van der Waals surface area contributed by atoms with Crippen molar-refractivity contribution in [3.63, 3.8) is 0 Å². The summed E-state index contributed by atoms with van der Waals surface area (Å²) >= 11 is 0. The van der Waals surface area contributed by atoms with Gasteiger partial charge in [-0.1, -0.05) is 0 Å². The molecule has 9 nitrogen and oxygen atoms in total. The molecule has 0 saturated heterocycles. The second kappa shape index (κ2) is 6.31. The van der Waals surface area contributed by atoms with Crippen LogP contribution in [-0.2, 0) is 4.74 Å². The molecule has 0 amide bonds. The molecule has 0 fully saturated rings. The minimum absolute atomic E-state index is 0.219. The summed E-state index contributed by atoms with van der Waals surface area (Å²) in [6.07, 6.45) is -0.319. The van der Waals surface area contributed by atoms with E-state index < -0.39 is 18.4 Å². The maximum Gasteiger partial charge on any atom is 0.167 e. The molecule has 21 heavy (non-hydrogen) atoms. The molecule has 0 radical (unpaired) electrons. The number of hydrogen-bond acceptors (Lipinski definition) is 8. The lowest BCUT2D eigenvalue weighted by atomic mass is 10.1. The smallest absolute Gasteiger partial charge is 0.167 e. The number of nitrogens with two attached hydrogens (primary N) is 1. The van der Waals surface area contributed by atoms with Crippen LogP contribution in [0.4, 0.5) is 5.82 Å². The summed E-state index contributed by atoms with van der Waals surface area (Å²) < 4.78 is 6.58. The Balaban J connectivity index is 2.28. The Morgan fingerprint density at radius 2 is 2.05 bits per heavy atom. The number of nitrogen functional groups attached to an aromatic ring is 1. The molecule has 0 aromatic carbocycles. The van der Waals surface area contributed by atoms with E-state index in [2.05, 4.69) is 15.0 Å². The van der Waals surface area contributed by atoms with Crippen molar-refractivity contribution in [3.05, 3.63) is 12.7 Å². The number of ether oxygens (including phenoxy) is 1. The van der Waals surface area contributed by atoms with Crippen molar-refractivity contribution in [3.8, 4) is 0 Å². The molecule has 0 bridgehead atoms. The number of hydrogen-bond donors (Lipinski definition) is 3. The molecule has 2 rings (SSSR count). The molecule has 9 heteroatoms. The van der Waals surface area contributed by atoms with Gasteiger partial charge in [-0.25, -0.2) is 15.0 Å². The Bertz CT molecular complexity index is 602. The van der Waals surface area contributed by atoms with Crippen molar-refractivity contribution >= 4 is 17.0 Å². The van der Waals surface area contributed by atoms with E-state index in [0.29, 0.717) is 17.7 Å². The highest BCUT2D eigenvalue weighted by molar-refractivity contribution is 5.81. The van der Waals surface area contributed by atoms with E-state index in [4.69, 9.17) is 10.5 Å². The van der Waals surface area contributed by atoms with Crippen LogP contribution in [0.3, 0.4) is 0 Å². The topological polar surface area (TPSA) is 123 Å². The number of aliphatic hydroxyl groups excluding tert-OH is 2. The minimum Gasteiger partial charge on any atom is -0.386 e. The Morgan fingerprint density at radius 3 is 2.67 bits per heavy atom. The number of aromatic nitrogens is 4. The summed E-state index contributed by atoms with van der Waals surface area (Å²) in [6.45, 7) is 0.457. The van der Waals surface area contributed by atoms with E-state index in [1.165, 1.54) is 24.3 Å². The van der Waals surface area contributed by atoms with Gasteiger partial charge in [0, 0.05) is 13.7 Å². The molecular formula is C12H20N6O3. The van der Waals surface area contributed by atoms with Crippen molar-refractivity contribution in [2.45, 2.75) is 18.4 Å². The number of methoxy groups -OCH3 is 1. The van der Waals surface area contributed by atoms with Gasteiger partial charge in [-0.05, 0) is 14.1 Å². The predicted molar refractivity (Wildman–Crippen MR) is 76.3 cm³/mol. The van der Waals surface area contributed by atoms with Crippen LogP contribution in [0.1, 0.15) is 6.23 Å². The van der Waals surface area contributed by atoms with Crippen LogP contribution in [0.2, 0.25) is 0 Å². The van der Waals surface area contributed by atoms with Gasteiger partial charge >= 0.3 is 0 Å². The van der Waals surface area contributed by atoms with Crippen molar-refractivity contribution in [1.82, 2.24) is 24.4 Å². The van der Waals surface area contributed by atoms with E-state index in [1.54, 1.807) is 0 Å². The fourth-order valence-corrected chi connectivity index (χ4v) is 2.10. The van der Waals surface area contributed by atoms with E-state index in [9.17, 15) is 10.2 Å². The van der Waals surface area contributed by atoms with Gasteiger partial charge in [-0.3, -0.25) is 4.57 Å². The molecule has 2 heterocycles. The van der Waals surface area contributed by atoms with Gasteiger partial charge in [0.1, 0.15) is 24.1 Å². The normalized spacial score (nSPS) is 16.3. The first-order valence-electron chi connectivity index (χ1n) is 6.42. The van der Waals surface area contributed by atoms with Gasteiger partial charge in [0.2, 0.25) is 0 Å². The summed E-state index contributed by atoms with van der Waals surface area (Å²) in [5.41, 5.74) is 6.43. The first kappa shape index (κ1) is 15.6. The zero-order valence-corrected chi connectivity index (χ0v) is 12.2. The Hall–Kier alpha value is -1.81. The second-order valence-corrected chi connectivity index (χ2v) is 5.02. The molecule has 0 aliphatic heterocycles. The largest absolute Gasteiger partial charge is 0.386 e. The zero-order chi connectivity index (χ0) is 15.6. The van der Waals surface area contributed by atoms with Crippen molar-refractivity contribution in [2.75, 3.05) is 33.5 Å². The molecule has 4 N–H and O–H groups in total. The van der Waals surface area contributed by atoms with E-state index >= 15 is 0 Å². The molecule has 0 saturated carbocycles. The predicted octanol–water partition coefficient (Wildman–Crippen LogP) is -1.16. The van der Waals surface area contributed by atoms with Gasteiger partial charge in [0.15, 0.2) is 17.7 Å². The lowest BCUT2D eigenvalue weighted by Gasteiger charge is -2.28. The average molecular weight is 296 g/mol. The first-order chi connectivity index (χ1) is 9.95. The lowest BCUT2D eigenvalue weighted by molar-refractivity contribution is -0.107. The van der Waals surface area contributed by atoms with E-state index in [-0.39, 0.29) is 5.82 Å². The van der Waals surface area contributed by atoms with Gasteiger partial charge in [0.05, 0.1) is 6.33 Å². The van der Waals surface area contributed by atoms with Gasteiger partial charge in [-0.15, -0.1) is 0 Å². The zero-order valence-electron chi connectivity index (χ0n) is 12.2. The monoisotopic (exact) mass is 296 g/mol. The highest BCUT2D eigenvalue weighted by atomic mass is 16.5. The van der Waals surface area contributed by atoms with Crippen LogP contribution < -0.4 is 5.73 Å². The number of anilines is 1. The summed E-state index contributed by atoms with van der Waals surface area (Å²) in [4.78, 5) is 13.8. The SMILES string of the molecule is CO[C@H](CN(C)C)[C@@H](O)[C@@H](O)n1cnc2c(N)ncnc21. The first-order valence-corrected chi connectivity index (χ1v) is 6.42. The molecule has 2 aromatic rings. The third-order valence-corrected chi connectivity index (χ3v) is 3.21. The molecule has 2 aromatic heterocycles. The van der Waals surface area contributed by atoms with Crippen LogP contribution in [-0.4, -0.2) is 74.6 Å². The Labute approximate surface area is 122 Å². The van der Waals surface area contributed by atoms with Crippen molar-refractivity contribution in [1.29, 1.82) is 0 Å². The summed E-state index contributed by atoms with van der Waals surface area (Å²) in [7, 11) is 5.19. The van der Waals surface area contributed by atoms with Crippen molar-refractivity contribution < 1.29 is 14.9 Å². The van der Waals surface area contributed by atoms with Crippen LogP contribution >= 0.6 is 0 Å². The number of nitrogens with zero attached hydrogens (tertiary/aromatic N) is 5. The maximum absolute atomic E-state index is 10.4. The molecule has 3 atom stereocenters. The summed E-state index contributed by atoms with van der Waals surface area (Å²) in [5, 5.41) is 20.7. The van der Waals surface area contributed by atoms with Crippen LogP contribution in [0.25, 0.3) is 11.2 Å². The molecule has 0 unspecified atom stereocenters. The van der Waals surface area contributed by atoms with E-state index in [1.807, 2.05) is 19.0 Å². The highest BCUT2D eigenvalue weighted by Crippen LogP contribution is 2.21. The van der Waals surface area contributed by atoms with Crippen LogP contribution in [0.15, 0.2) is 12.7 Å². The molecule has 0 spiro atoms. The summed E-state index contributed by atoms with van der Waals surface area (Å²) in [5.74, 6) is 0.219. The van der Waals surface area contributed by atoms with Crippen molar-refractivity contribution in [2.24, 2.45) is 0 Å². The number of fused-ring (bicyclic) bond motifs is 1. The maximum atomic E-state index is 10.4. The fourth-order valence-electron chi connectivity index (χ4n) is 2.10. The number of aliphatic hydroxyl groups is 2. The number of imidazole rings is 1. The van der Waals surface area contributed by atoms with Gasteiger partial charge < -0.3 is 25.6 Å². The van der Waals surface area contributed by atoms with Gasteiger partial charge in [0.25, 0.3) is 0 Å². The lowest BCUT2D eigenvalue weighted by Crippen LogP contribution is -2.42. The van der Waals surface area contributed by atoms with Crippen LogP contribution in [0.5, 0.6) is 0 Å². The standard InChI is InChI=1S/C12H20N6O3/c1-17(2)4-7(21-3)9(19)12(20)18-6-16-8-10(13)14-5-15-11(8)18/h5-7,9,12,19-20H,4H2,1-3H3,(H2,13,14,15)/t7-,9-,12-/m1/s1. The number of rotatable bonds is 6. The second-order valence-electron chi connectivity index (χ2n) is 5.02. The molecule has 0 aliphatic carbocycles. The minimum atomic E-state index is -1.26. The third kappa shape index (κ3) is 3.10. The molecule has 116 valence electrons. The molecular weight excluding hydrogens is 276 g/mol. The van der Waals surface area contributed by atoms with E-state index in [0.717, 1.165) is 0 Å². The Kier molecular flexibility index (Phi) is 4.68. The van der Waals surface area contributed by atoms with Crippen LogP contribution in [0, 0.1) is 0 Å². The average Bonchev–Trinajstić information content (AvgIpc) is 2.88.